The molecule has 7 nitrogen and oxygen atoms in total. The largest absolute Gasteiger partial charge is 0.480 e. The lowest BCUT2D eigenvalue weighted by atomic mass is 9.85. The second-order valence-corrected chi connectivity index (χ2v) is 5.48. The van der Waals surface area contributed by atoms with Crippen LogP contribution in [0.15, 0.2) is 0 Å². The Balaban J connectivity index is 2.45. The molecule has 1 aliphatic rings. The molecule has 1 unspecified atom stereocenters. The summed E-state index contributed by atoms with van der Waals surface area (Å²) >= 11 is 0. The Kier molecular flexibility index (Phi) is 6.98. The van der Waals surface area contributed by atoms with Crippen LogP contribution in [0.2, 0.25) is 0 Å². The number of carboxylic acids is 1. The number of hydrogen-bond acceptors (Lipinski definition) is 4. The predicted octanol–water partition coefficient (Wildman–Crippen LogP) is 1.27. The Hall–Kier alpha value is -1.79. The van der Waals surface area contributed by atoms with Crippen LogP contribution >= 0.6 is 0 Å². The van der Waals surface area contributed by atoms with Gasteiger partial charge < -0.3 is 20.5 Å². The third-order valence-electron chi connectivity index (χ3n) is 3.92. The summed E-state index contributed by atoms with van der Waals surface area (Å²) in [4.78, 5) is 34.0. The molecule has 21 heavy (non-hydrogen) atoms. The van der Waals surface area contributed by atoms with Crippen molar-refractivity contribution in [2.24, 2.45) is 5.92 Å². The van der Waals surface area contributed by atoms with Crippen molar-refractivity contribution in [2.45, 2.75) is 57.5 Å². The Morgan fingerprint density at radius 2 is 1.81 bits per heavy atom. The zero-order valence-electron chi connectivity index (χ0n) is 12.6. The maximum Gasteiger partial charge on any atom is 0.326 e. The molecule has 0 aromatic carbocycles. The van der Waals surface area contributed by atoms with Crippen molar-refractivity contribution < 1.29 is 24.2 Å². The number of aliphatic carboxylic acids is 1. The van der Waals surface area contributed by atoms with E-state index in [0.717, 1.165) is 12.8 Å². The molecule has 0 spiro atoms. The minimum atomic E-state index is -1.28. The molecule has 0 heterocycles. The molecule has 3 N–H and O–H groups in total. The lowest BCUT2D eigenvalue weighted by Gasteiger charge is -2.28. The fourth-order valence-corrected chi connectivity index (χ4v) is 2.61. The first-order chi connectivity index (χ1) is 9.93. The molecule has 1 rings (SSSR count). The first-order valence-corrected chi connectivity index (χ1v) is 7.30. The van der Waals surface area contributed by atoms with Crippen molar-refractivity contribution in [2.75, 3.05) is 7.11 Å². The third kappa shape index (κ3) is 6.01. The predicted molar refractivity (Wildman–Crippen MR) is 75.8 cm³/mol. The zero-order chi connectivity index (χ0) is 15.8. The van der Waals surface area contributed by atoms with E-state index in [1.165, 1.54) is 26.4 Å². The zero-order valence-corrected chi connectivity index (χ0v) is 12.6. The molecule has 0 radical (unpaired) electrons. The molecule has 120 valence electrons. The van der Waals surface area contributed by atoms with E-state index in [1.807, 2.05) is 6.92 Å². The first kappa shape index (κ1) is 17.3. The maximum absolute atomic E-state index is 11.8. The number of methoxy groups -OCH3 is 1. The van der Waals surface area contributed by atoms with Gasteiger partial charge in [0.05, 0.1) is 13.5 Å². The van der Waals surface area contributed by atoms with Crippen LogP contribution in [-0.4, -0.2) is 42.3 Å². The number of esters is 1. The second-order valence-electron chi connectivity index (χ2n) is 5.48. The minimum absolute atomic E-state index is 0.0159. The molecule has 2 amide bonds. The summed E-state index contributed by atoms with van der Waals surface area (Å²) < 4.78 is 4.41. The van der Waals surface area contributed by atoms with Gasteiger partial charge in [0, 0.05) is 6.04 Å². The van der Waals surface area contributed by atoms with Gasteiger partial charge in [-0.2, -0.15) is 0 Å². The van der Waals surface area contributed by atoms with E-state index >= 15 is 0 Å². The van der Waals surface area contributed by atoms with Crippen LogP contribution in [0, 0.1) is 5.92 Å². The normalized spacial score (nSPS) is 18.4. The van der Waals surface area contributed by atoms with E-state index < -0.39 is 30.4 Å². The van der Waals surface area contributed by atoms with Crippen LogP contribution in [-0.2, 0) is 14.3 Å². The van der Waals surface area contributed by atoms with Crippen LogP contribution in [0.25, 0.3) is 0 Å². The van der Waals surface area contributed by atoms with Crippen molar-refractivity contribution in [3.05, 3.63) is 0 Å². The number of hydrogen-bond donors (Lipinski definition) is 3. The van der Waals surface area contributed by atoms with Gasteiger partial charge in [-0.15, -0.1) is 0 Å². The highest BCUT2D eigenvalue weighted by Gasteiger charge is 2.26. The highest BCUT2D eigenvalue weighted by molar-refractivity contribution is 5.86. The van der Waals surface area contributed by atoms with Crippen molar-refractivity contribution in [3.8, 4) is 0 Å². The highest BCUT2D eigenvalue weighted by atomic mass is 16.5. The van der Waals surface area contributed by atoms with Crippen molar-refractivity contribution in [1.82, 2.24) is 10.6 Å². The quantitative estimate of drug-likeness (QED) is 0.641. The Bertz CT molecular complexity index is 380. The van der Waals surface area contributed by atoms with Crippen LogP contribution < -0.4 is 10.6 Å². The fraction of sp³-hybridized carbons (Fsp3) is 0.786. The molecule has 1 aliphatic carbocycles. The number of urea groups is 1. The van der Waals surface area contributed by atoms with Gasteiger partial charge in [0.15, 0.2) is 0 Å². The van der Waals surface area contributed by atoms with Crippen LogP contribution in [0.3, 0.4) is 0 Å². The molecule has 2 atom stereocenters. The third-order valence-corrected chi connectivity index (χ3v) is 3.92. The summed E-state index contributed by atoms with van der Waals surface area (Å²) in [6.07, 6.45) is 5.32. The van der Waals surface area contributed by atoms with Crippen LogP contribution in [0.1, 0.15) is 45.4 Å². The maximum atomic E-state index is 11.8. The fourth-order valence-electron chi connectivity index (χ4n) is 2.61. The summed E-state index contributed by atoms with van der Waals surface area (Å²) in [6.45, 7) is 1.92. The van der Waals surface area contributed by atoms with Crippen LogP contribution in [0.4, 0.5) is 4.79 Å². The Morgan fingerprint density at radius 3 is 2.33 bits per heavy atom. The van der Waals surface area contributed by atoms with Gasteiger partial charge in [0.1, 0.15) is 6.04 Å². The van der Waals surface area contributed by atoms with Gasteiger partial charge in [-0.1, -0.05) is 19.3 Å². The lowest BCUT2D eigenvalue weighted by Crippen LogP contribution is -2.50. The van der Waals surface area contributed by atoms with E-state index in [9.17, 15) is 14.4 Å². The summed E-state index contributed by atoms with van der Waals surface area (Å²) in [5.41, 5.74) is 0. The number of carbonyl (C=O) groups is 3. The highest BCUT2D eigenvalue weighted by Crippen LogP contribution is 2.26. The molecule has 0 aromatic heterocycles. The standard InChI is InChI=1S/C14H24N2O5/c1-9(10-6-4-3-5-7-10)15-14(20)16-11(13(18)19)8-12(17)21-2/h9-11H,3-8H2,1-2H3,(H,18,19)(H2,15,16,20)/t9?,11-/m0/s1. The van der Waals surface area contributed by atoms with Crippen LogP contribution in [0.5, 0.6) is 0 Å². The molecule has 0 saturated heterocycles. The first-order valence-electron chi connectivity index (χ1n) is 7.30. The van der Waals surface area contributed by atoms with E-state index in [-0.39, 0.29) is 6.04 Å². The molecule has 0 bridgehead atoms. The number of rotatable bonds is 6. The molecular formula is C14H24N2O5. The average Bonchev–Trinajstić information content (AvgIpc) is 2.47. The van der Waals surface area contributed by atoms with E-state index in [0.29, 0.717) is 5.92 Å². The monoisotopic (exact) mass is 300 g/mol. The van der Waals surface area contributed by atoms with Gasteiger partial charge in [-0.3, -0.25) is 4.79 Å². The van der Waals surface area contributed by atoms with Crippen molar-refractivity contribution in [1.29, 1.82) is 0 Å². The summed E-state index contributed by atoms with van der Waals surface area (Å²) in [5, 5.41) is 14.1. The molecule has 1 saturated carbocycles. The number of carboxylic acid groups (broad SMARTS) is 1. The number of nitrogens with one attached hydrogen (secondary N) is 2. The number of ether oxygens (including phenoxy) is 1. The van der Waals surface area contributed by atoms with Gasteiger partial charge in [-0.05, 0) is 25.7 Å². The van der Waals surface area contributed by atoms with Crippen molar-refractivity contribution >= 4 is 18.0 Å². The molecule has 0 aromatic rings. The molecule has 1 fully saturated rings. The van der Waals surface area contributed by atoms with Crippen molar-refractivity contribution in [3.63, 3.8) is 0 Å². The van der Waals surface area contributed by atoms with Gasteiger partial charge in [-0.25, -0.2) is 9.59 Å². The van der Waals surface area contributed by atoms with E-state index in [4.69, 9.17) is 5.11 Å². The summed E-state index contributed by atoms with van der Waals surface area (Å²) in [5.74, 6) is -1.52. The Morgan fingerprint density at radius 1 is 1.19 bits per heavy atom. The topological polar surface area (TPSA) is 105 Å². The summed E-state index contributed by atoms with van der Waals surface area (Å²) in [7, 11) is 1.17. The minimum Gasteiger partial charge on any atom is -0.480 e. The SMILES string of the molecule is COC(=O)C[C@H](NC(=O)NC(C)C1CCCCC1)C(=O)O. The smallest absolute Gasteiger partial charge is 0.326 e. The molecular weight excluding hydrogens is 276 g/mol. The van der Waals surface area contributed by atoms with Gasteiger partial charge >= 0.3 is 18.0 Å². The van der Waals surface area contributed by atoms with E-state index in [1.54, 1.807) is 0 Å². The Labute approximate surface area is 124 Å². The lowest BCUT2D eigenvalue weighted by molar-refractivity contribution is -0.147. The number of amides is 2. The average molecular weight is 300 g/mol. The molecule has 7 heteroatoms. The number of carbonyl (C=O) groups excluding carboxylic acids is 2. The molecule has 0 aliphatic heterocycles. The second kappa shape index (κ2) is 8.49. The van der Waals surface area contributed by atoms with E-state index in [2.05, 4.69) is 15.4 Å². The summed E-state index contributed by atoms with van der Waals surface area (Å²) in [6, 6.07) is -1.86. The van der Waals surface area contributed by atoms with Gasteiger partial charge in [0.2, 0.25) is 0 Å². The van der Waals surface area contributed by atoms with Gasteiger partial charge in [0.25, 0.3) is 0 Å².